The number of halogens is 1. The van der Waals surface area contributed by atoms with Crippen molar-refractivity contribution in [2.75, 3.05) is 26.3 Å². The van der Waals surface area contributed by atoms with E-state index in [0.717, 1.165) is 33.5 Å². The molecule has 1 atom stereocenters. The van der Waals surface area contributed by atoms with Gasteiger partial charge in [0.2, 0.25) is 5.13 Å². The van der Waals surface area contributed by atoms with Crippen LogP contribution in [-0.4, -0.2) is 32.0 Å². The van der Waals surface area contributed by atoms with Crippen molar-refractivity contribution in [3.63, 3.8) is 0 Å². The molecule has 0 radical (unpaired) electrons. The Labute approximate surface area is 207 Å². The molecule has 0 saturated heterocycles. The molecule has 3 aromatic carbocycles. The normalized spacial score (nSPS) is 15.1. The second-order valence-corrected chi connectivity index (χ2v) is 8.81. The number of ether oxygens (including phenoxy) is 3. The monoisotopic (exact) mass is 489 g/mol. The van der Waals surface area contributed by atoms with Crippen molar-refractivity contribution in [2.24, 2.45) is 5.10 Å². The van der Waals surface area contributed by atoms with Gasteiger partial charge in [-0.05, 0) is 65.7 Å². The second-order valence-electron chi connectivity index (χ2n) is 7.98. The summed E-state index contributed by atoms with van der Waals surface area (Å²) in [4.78, 5) is 4.81. The molecule has 0 amide bonds. The van der Waals surface area contributed by atoms with Gasteiger partial charge in [-0.3, -0.25) is 0 Å². The smallest absolute Gasteiger partial charge is 0.207 e. The number of thiazole rings is 1. The highest BCUT2D eigenvalue weighted by molar-refractivity contribution is 7.14. The summed E-state index contributed by atoms with van der Waals surface area (Å²) in [6, 6.07) is 20.7. The highest BCUT2D eigenvalue weighted by Gasteiger charge is 2.32. The minimum absolute atomic E-state index is 0.0374. The summed E-state index contributed by atoms with van der Waals surface area (Å²) >= 11 is 1.48. The molecule has 2 heterocycles. The highest BCUT2D eigenvalue weighted by atomic mass is 32.1. The summed E-state index contributed by atoms with van der Waals surface area (Å²) in [5, 5.41) is 9.58. The van der Waals surface area contributed by atoms with E-state index < -0.39 is 5.82 Å². The molecule has 6 nitrogen and oxygen atoms in total. The minimum Gasteiger partial charge on any atom is -0.497 e. The van der Waals surface area contributed by atoms with E-state index in [9.17, 15) is 4.39 Å². The van der Waals surface area contributed by atoms with E-state index in [2.05, 4.69) is 12.1 Å². The van der Waals surface area contributed by atoms with Gasteiger partial charge in [0.1, 0.15) is 11.5 Å². The molecule has 4 aromatic rings. The topological polar surface area (TPSA) is 56.2 Å². The van der Waals surface area contributed by atoms with E-state index in [1.807, 2.05) is 46.8 Å². The molecule has 0 saturated carbocycles. The van der Waals surface area contributed by atoms with Gasteiger partial charge in [-0.25, -0.2) is 14.4 Å². The summed E-state index contributed by atoms with van der Waals surface area (Å²) in [6.07, 6.45) is 0.713. The third-order valence-corrected chi connectivity index (χ3v) is 6.80. The molecule has 0 fully saturated rings. The number of nitrogens with zero attached hydrogens (tertiary/aromatic N) is 3. The first-order valence-electron chi connectivity index (χ1n) is 11.0. The first kappa shape index (κ1) is 22.9. The lowest BCUT2D eigenvalue weighted by Gasteiger charge is -2.21. The molecule has 0 N–H and O–H groups in total. The van der Waals surface area contributed by atoms with Crippen LogP contribution in [0.25, 0.3) is 11.3 Å². The Bertz CT molecular complexity index is 1350. The zero-order chi connectivity index (χ0) is 24.4. The summed E-state index contributed by atoms with van der Waals surface area (Å²) in [7, 11) is 4.75. The van der Waals surface area contributed by atoms with Gasteiger partial charge >= 0.3 is 0 Å². The molecule has 0 spiro atoms. The van der Waals surface area contributed by atoms with Crippen LogP contribution >= 0.6 is 11.3 Å². The van der Waals surface area contributed by atoms with E-state index >= 15 is 0 Å². The number of hydrazone groups is 1. The van der Waals surface area contributed by atoms with Crippen LogP contribution in [0.4, 0.5) is 9.52 Å². The molecule has 35 heavy (non-hydrogen) atoms. The number of aromatic nitrogens is 1. The summed E-state index contributed by atoms with van der Waals surface area (Å²) in [6.45, 7) is 0. The fourth-order valence-electron chi connectivity index (χ4n) is 4.06. The predicted octanol–water partition coefficient (Wildman–Crippen LogP) is 6.33. The predicted molar refractivity (Wildman–Crippen MR) is 136 cm³/mol. The zero-order valence-electron chi connectivity index (χ0n) is 19.6. The van der Waals surface area contributed by atoms with E-state index in [4.69, 9.17) is 24.3 Å². The van der Waals surface area contributed by atoms with Gasteiger partial charge in [-0.15, -0.1) is 11.3 Å². The first-order chi connectivity index (χ1) is 17.1. The Kier molecular flexibility index (Phi) is 6.37. The minimum atomic E-state index is -0.420. The third kappa shape index (κ3) is 4.57. The van der Waals surface area contributed by atoms with E-state index in [1.165, 1.54) is 24.5 Å². The highest BCUT2D eigenvalue weighted by Crippen LogP contribution is 2.40. The van der Waals surface area contributed by atoms with Crippen LogP contribution in [0.5, 0.6) is 17.2 Å². The van der Waals surface area contributed by atoms with Crippen LogP contribution in [-0.2, 0) is 0 Å². The van der Waals surface area contributed by atoms with Gasteiger partial charge in [0.15, 0.2) is 11.6 Å². The zero-order valence-corrected chi connectivity index (χ0v) is 20.4. The molecule has 1 aromatic heterocycles. The Morgan fingerprint density at radius 2 is 1.51 bits per heavy atom. The van der Waals surface area contributed by atoms with Gasteiger partial charge in [-0.2, -0.15) is 5.10 Å². The average molecular weight is 490 g/mol. The Morgan fingerprint density at radius 1 is 0.857 bits per heavy atom. The van der Waals surface area contributed by atoms with Gasteiger partial charge in [0.05, 0.1) is 38.8 Å². The van der Waals surface area contributed by atoms with Gasteiger partial charge < -0.3 is 14.2 Å². The van der Waals surface area contributed by atoms with Gasteiger partial charge in [0, 0.05) is 17.4 Å². The van der Waals surface area contributed by atoms with Crippen molar-refractivity contribution >= 4 is 22.2 Å². The van der Waals surface area contributed by atoms with E-state index in [1.54, 1.807) is 26.4 Å². The Hall–Kier alpha value is -3.91. The van der Waals surface area contributed by atoms with Crippen molar-refractivity contribution in [2.45, 2.75) is 12.5 Å². The van der Waals surface area contributed by atoms with Crippen LogP contribution < -0.4 is 19.2 Å². The first-order valence-corrected chi connectivity index (χ1v) is 11.9. The number of anilines is 1. The lowest BCUT2D eigenvalue weighted by atomic mass is 9.98. The summed E-state index contributed by atoms with van der Waals surface area (Å²) in [5.74, 6) is 1.38. The Morgan fingerprint density at radius 3 is 2.14 bits per heavy atom. The average Bonchev–Trinajstić information content (AvgIpc) is 3.57. The molecule has 178 valence electrons. The molecule has 8 heteroatoms. The maximum Gasteiger partial charge on any atom is 0.207 e. The van der Waals surface area contributed by atoms with Crippen molar-refractivity contribution in [1.82, 2.24) is 4.98 Å². The number of rotatable bonds is 7. The summed E-state index contributed by atoms with van der Waals surface area (Å²) in [5.41, 5.74) is 4.46. The standard InChI is InChI=1S/C27H24FN3O3S/c1-32-20-9-4-17(5-10-20)23-15-25(18-6-11-21(33-2)12-7-18)31(30-23)27-29-24(16-35-27)19-8-13-26(34-3)22(28)14-19/h4-14,16,25H,15H2,1-3H3/t25-/m1/s1. The maximum atomic E-state index is 14.3. The number of methoxy groups -OCH3 is 3. The van der Waals surface area contributed by atoms with E-state index in [0.29, 0.717) is 17.7 Å². The van der Waals surface area contributed by atoms with Crippen molar-refractivity contribution in [3.8, 4) is 28.5 Å². The number of benzene rings is 3. The fraction of sp³-hybridized carbons (Fsp3) is 0.185. The van der Waals surface area contributed by atoms with Crippen LogP contribution in [0.1, 0.15) is 23.6 Å². The Balaban J connectivity index is 1.50. The van der Waals surface area contributed by atoms with Crippen molar-refractivity contribution in [3.05, 3.63) is 89.1 Å². The third-order valence-electron chi connectivity index (χ3n) is 5.97. The van der Waals surface area contributed by atoms with Crippen LogP contribution in [0.3, 0.4) is 0 Å². The van der Waals surface area contributed by atoms with Crippen LogP contribution in [0.2, 0.25) is 0 Å². The maximum absolute atomic E-state index is 14.3. The number of hydrogen-bond donors (Lipinski definition) is 0. The van der Waals surface area contributed by atoms with Crippen LogP contribution in [0, 0.1) is 5.82 Å². The molecule has 1 aliphatic heterocycles. The molecular weight excluding hydrogens is 465 g/mol. The largest absolute Gasteiger partial charge is 0.497 e. The fourth-order valence-corrected chi connectivity index (χ4v) is 4.89. The van der Waals surface area contributed by atoms with Crippen LogP contribution in [0.15, 0.2) is 77.2 Å². The second kappa shape index (κ2) is 9.76. The van der Waals surface area contributed by atoms with Crippen molar-refractivity contribution in [1.29, 1.82) is 0 Å². The summed E-state index contributed by atoms with van der Waals surface area (Å²) < 4.78 is 29.9. The molecular formula is C27H24FN3O3S. The molecule has 0 unspecified atom stereocenters. The SMILES string of the molecule is COc1ccc(C2=NN(c3nc(-c4ccc(OC)c(F)c4)cs3)[C@@H](c3ccc(OC)cc3)C2)cc1. The van der Waals surface area contributed by atoms with E-state index in [-0.39, 0.29) is 11.8 Å². The van der Waals surface area contributed by atoms with Gasteiger partial charge in [-0.1, -0.05) is 12.1 Å². The molecule has 1 aliphatic rings. The molecule has 5 rings (SSSR count). The van der Waals surface area contributed by atoms with Gasteiger partial charge in [0.25, 0.3) is 0 Å². The lowest BCUT2D eigenvalue weighted by molar-refractivity contribution is 0.386. The van der Waals surface area contributed by atoms with Crippen molar-refractivity contribution < 1.29 is 18.6 Å². The molecule has 0 bridgehead atoms. The number of hydrogen-bond acceptors (Lipinski definition) is 7. The quantitative estimate of drug-likeness (QED) is 0.304. The molecule has 0 aliphatic carbocycles. The lowest BCUT2D eigenvalue weighted by Crippen LogP contribution is -2.18.